The summed E-state index contributed by atoms with van der Waals surface area (Å²) < 4.78 is 36.4. The van der Waals surface area contributed by atoms with E-state index in [1.54, 1.807) is 35.8 Å². The van der Waals surface area contributed by atoms with Gasteiger partial charge in [0.25, 0.3) is 5.92 Å². The van der Waals surface area contributed by atoms with Crippen LogP contribution in [0.25, 0.3) is 16.8 Å². The number of benzene rings is 1. The molecule has 10 nitrogen and oxygen atoms in total. The number of hydrogen-bond acceptors (Lipinski definition) is 6. The Balaban J connectivity index is 1.34. The second-order valence-corrected chi connectivity index (χ2v) is 11.8. The van der Waals surface area contributed by atoms with Gasteiger partial charge in [0.2, 0.25) is 11.8 Å². The minimum Gasteiger partial charge on any atom is -0.487 e. The number of likely N-dealkylation sites (tertiary alicyclic amines) is 2. The Morgan fingerprint density at radius 2 is 1.90 bits per heavy atom. The van der Waals surface area contributed by atoms with Gasteiger partial charge in [-0.2, -0.15) is 5.10 Å². The molecular formula is C27H26ClF2N5O5. The van der Waals surface area contributed by atoms with Gasteiger partial charge in [-0.3, -0.25) is 19.4 Å². The number of halogens is 3. The summed E-state index contributed by atoms with van der Waals surface area (Å²) in [4.78, 5) is 43.5. The largest absolute Gasteiger partial charge is 0.487 e. The predicted octanol–water partition coefficient (Wildman–Crippen LogP) is 4.27. The summed E-state index contributed by atoms with van der Waals surface area (Å²) in [5.41, 5.74) is 2.23. The predicted molar refractivity (Wildman–Crippen MR) is 138 cm³/mol. The van der Waals surface area contributed by atoms with Crippen LogP contribution in [0.1, 0.15) is 31.4 Å². The molecule has 0 spiro atoms. The molecule has 13 heteroatoms. The molecule has 6 rings (SSSR count). The number of hydrogen-bond donors (Lipinski definition) is 1. The molecule has 3 amide bonds. The first-order chi connectivity index (χ1) is 18.8. The number of fused-ring (bicyclic) bond motifs is 2. The van der Waals surface area contributed by atoms with Crippen molar-refractivity contribution in [1.82, 2.24) is 24.4 Å². The Bertz CT molecular complexity index is 1570. The molecule has 2 aliphatic heterocycles. The van der Waals surface area contributed by atoms with Crippen LogP contribution in [0.2, 0.25) is 5.02 Å². The number of nitrogens with zero attached hydrogens (tertiary/aromatic N) is 5. The van der Waals surface area contributed by atoms with Crippen LogP contribution in [0.15, 0.2) is 30.7 Å². The van der Waals surface area contributed by atoms with Crippen molar-refractivity contribution in [3.8, 4) is 17.0 Å². The van der Waals surface area contributed by atoms with Crippen molar-refractivity contribution < 1.29 is 33.0 Å². The maximum absolute atomic E-state index is 14.4. The standard InChI is InChI=1S/C27H26ClF2N5O5/c1-13-4-15(28)6-17(22(13)40-16-7-27(29,30)11-33(10-16)25(38)39)21-18-5-14(9-35(18)32-12-31-21)8-34-23(36)19-20(24(34)37)26(19,2)3/h4-6,9,12,16,19-20H,7-8,10-11H2,1-3H3,(H,38,39)/t16-,19?,20?/m0/s1. The zero-order chi connectivity index (χ0) is 28.7. The number of aryl methyl sites for hydroxylation is 1. The van der Waals surface area contributed by atoms with E-state index >= 15 is 0 Å². The molecular weight excluding hydrogens is 548 g/mol. The van der Waals surface area contributed by atoms with Crippen molar-refractivity contribution in [2.45, 2.75) is 45.8 Å². The third kappa shape index (κ3) is 4.25. The van der Waals surface area contributed by atoms with Gasteiger partial charge in [-0.1, -0.05) is 25.4 Å². The van der Waals surface area contributed by atoms with Crippen molar-refractivity contribution in [3.05, 3.63) is 46.9 Å². The molecule has 0 radical (unpaired) electrons. The third-order valence-corrected chi connectivity index (χ3v) is 8.34. The number of carbonyl (C=O) groups excluding carboxylic acids is 2. The van der Waals surface area contributed by atoms with Crippen molar-refractivity contribution in [2.24, 2.45) is 17.3 Å². The Morgan fingerprint density at radius 1 is 1.20 bits per heavy atom. The Kier molecular flexibility index (Phi) is 5.85. The van der Waals surface area contributed by atoms with Crippen LogP contribution in [-0.4, -0.2) is 72.5 Å². The molecule has 2 saturated heterocycles. The van der Waals surface area contributed by atoms with E-state index in [0.717, 1.165) is 0 Å². The van der Waals surface area contributed by atoms with Gasteiger partial charge in [-0.15, -0.1) is 0 Å². The minimum atomic E-state index is -3.25. The summed E-state index contributed by atoms with van der Waals surface area (Å²) in [6, 6.07) is 4.97. The summed E-state index contributed by atoms with van der Waals surface area (Å²) in [5.74, 6) is -3.94. The molecule has 0 bridgehead atoms. The normalized spacial score (nSPS) is 24.9. The van der Waals surface area contributed by atoms with E-state index in [1.165, 1.54) is 11.2 Å². The molecule has 2 unspecified atom stereocenters. The van der Waals surface area contributed by atoms with Crippen LogP contribution < -0.4 is 4.74 Å². The van der Waals surface area contributed by atoms with E-state index in [9.17, 15) is 28.3 Å². The van der Waals surface area contributed by atoms with Gasteiger partial charge in [-0.25, -0.2) is 23.1 Å². The highest BCUT2D eigenvalue weighted by molar-refractivity contribution is 6.31. The first-order valence-corrected chi connectivity index (χ1v) is 13.1. The third-order valence-electron chi connectivity index (χ3n) is 8.12. The monoisotopic (exact) mass is 573 g/mol. The number of ether oxygens (including phenoxy) is 1. The second-order valence-electron chi connectivity index (χ2n) is 11.4. The number of aromatic nitrogens is 3. The highest BCUT2D eigenvalue weighted by Crippen LogP contribution is 2.63. The fourth-order valence-electron chi connectivity index (χ4n) is 6.12. The fourth-order valence-corrected chi connectivity index (χ4v) is 6.40. The van der Waals surface area contributed by atoms with Crippen LogP contribution in [0.3, 0.4) is 0 Å². The fraction of sp³-hybridized carbons (Fsp3) is 0.444. The number of imide groups is 1. The minimum absolute atomic E-state index is 0.0870. The van der Waals surface area contributed by atoms with Crippen molar-refractivity contribution in [1.29, 1.82) is 0 Å². The molecule has 3 aliphatic rings. The number of piperidine rings is 2. The van der Waals surface area contributed by atoms with E-state index < -0.39 is 31.1 Å². The lowest BCUT2D eigenvalue weighted by Crippen LogP contribution is -2.52. The first kappa shape index (κ1) is 26.4. The molecule has 1 N–H and O–H groups in total. The molecule has 1 aromatic carbocycles. The Labute approximate surface area is 232 Å². The zero-order valence-corrected chi connectivity index (χ0v) is 22.7. The summed E-state index contributed by atoms with van der Waals surface area (Å²) in [6.07, 6.45) is -0.197. The summed E-state index contributed by atoms with van der Waals surface area (Å²) in [7, 11) is 0. The maximum atomic E-state index is 14.4. The molecule has 1 aliphatic carbocycles. The molecule has 3 atom stereocenters. The average Bonchev–Trinajstić information content (AvgIpc) is 3.10. The smallest absolute Gasteiger partial charge is 0.407 e. The number of rotatable bonds is 5. The number of carbonyl (C=O) groups is 3. The molecule has 3 aromatic rings. The van der Waals surface area contributed by atoms with E-state index in [2.05, 4.69) is 10.1 Å². The average molecular weight is 574 g/mol. The van der Waals surface area contributed by atoms with Crippen LogP contribution in [0, 0.1) is 24.2 Å². The lowest BCUT2D eigenvalue weighted by Gasteiger charge is -2.36. The Morgan fingerprint density at radius 3 is 2.58 bits per heavy atom. The van der Waals surface area contributed by atoms with E-state index in [4.69, 9.17) is 16.3 Å². The highest BCUT2D eigenvalue weighted by Gasteiger charge is 2.72. The SMILES string of the molecule is Cc1cc(Cl)cc(-c2ncnn3cc(CN4C(=O)C5C(C4=O)C5(C)C)cc23)c1O[C@@H]1CN(C(=O)O)CC(F)(F)C1. The Hall–Kier alpha value is -3.80. The van der Waals surface area contributed by atoms with Gasteiger partial charge in [0.15, 0.2) is 0 Å². The second kappa shape index (κ2) is 8.85. The van der Waals surface area contributed by atoms with E-state index in [-0.39, 0.29) is 47.9 Å². The molecule has 210 valence electrons. The lowest BCUT2D eigenvalue weighted by atomic mass is 10.0. The highest BCUT2D eigenvalue weighted by atomic mass is 35.5. The van der Waals surface area contributed by atoms with Gasteiger partial charge >= 0.3 is 6.09 Å². The summed E-state index contributed by atoms with van der Waals surface area (Å²) >= 11 is 6.37. The lowest BCUT2D eigenvalue weighted by molar-refractivity contribution is -0.143. The topological polar surface area (TPSA) is 117 Å². The van der Waals surface area contributed by atoms with Gasteiger partial charge in [-0.05, 0) is 41.7 Å². The summed E-state index contributed by atoms with van der Waals surface area (Å²) in [6.45, 7) is 4.52. The molecule has 1 saturated carbocycles. The van der Waals surface area contributed by atoms with Crippen LogP contribution >= 0.6 is 11.6 Å². The zero-order valence-electron chi connectivity index (χ0n) is 21.9. The maximum Gasteiger partial charge on any atom is 0.407 e. The van der Waals surface area contributed by atoms with Gasteiger partial charge in [0, 0.05) is 16.8 Å². The van der Waals surface area contributed by atoms with Crippen LogP contribution in [-0.2, 0) is 16.1 Å². The van der Waals surface area contributed by atoms with Crippen molar-refractivity contribution >= 4 is 35.0 Å². The summed E-state index contributed by atoms with van der Waals surface area (Å²) in [5, 5.41) is 13.9. The first-order valence-electron chi connectivity index (χ1n) is 12.8. The molecule has 40 heavy (non-hydrogen) atoms. The van der Waals surface area contributed by atoms with Gasteiger partial charge < -0.3 is 9.84 Å². The van der Waals surface area contributed by atoms with Crippen molar-refractivity contribution in [3.63, 3.8) is 0 Å². The number of alkyl halides is 2. The molecule has 4 heterocycles. The number of amides is 3. The van der Waals surface area contributed by atoms with E-state index in [0.29, 0.717) is 37.8 Å². The van der Waals surface area contributed by atoms with Crippen molar-refractivity contribution in [2.75, 3.05) is 13.1 Å². The molecule has 2 aromatic heterocycles. The quantitative estimate of drug-likeness (QED) is 0.453. The number of carboxylic acid groups (broad SMARTS) is 1. The van der Waals surface area contributed by atoms with Gasteiger partial charge in [0.1, 0.15) is 23.9 Å². The van der Waals surface area contributed by atoms with Gasteiger partial charge in [0.05, 0.1) is 43.4 Å². The van der Waals surface area contributed by atoms with Crippen LogP contribution in [0.4, 0.5) is 13.6 Å². The van der Waals surface area contributed by atoms with E-state index in [1.807, 2.05) is 13.8 Å². The van der Waals surface area contributed by atoms with Crippen LogP contribution in [0.5, 0.6) is 5.75 Å². The molecule has 3 fully saturated rings.